The Labute approximate surface area is 221 Å². The Hall–Kier alpha value is -2.48. The molecule has 0 bridgehead atoms. The van der Waals surface area contributed by atoms with Crippen molar-refractivity contribution in [2.45, 2.75) is 91.1 Å². The van der Waals surface area contributed by atoms with Gasteiger partial charge in [-0.1, -0.05) is 39.8 Å². The number of H-pyrrole nitrogens is 1. The maximum Gasteiger partial charge on any atom is 0.291 e. The standard InChI is InChI=1S/C30H42N4O3/c1-19-15-31-26(32-19)27(35)33-23-9-8-21(14-22(23)20-10-12-28(2,3)13-11-20)29(4,5)18-34-16-24-25(17-34)37-30(6,7)36-24/h8-10,14-15,24-25H,11-13,16-18H2,1-7H3,(H,31,32)(H,33,35)/t24-,25+. The third kappa shape index (κ3) is 5.69. The van der Waals surface area contributed by atoms with Crippen LogP contribution in [0.5, 0.6) is 0 Å². The lowest BCUT2D eigenvalue weighted by Crippen LogP contribution is -2.38. The number of ether oxygens (including phenoxy) is 2. The zero-order valence-electron chi connectivity index (χ0n) is 23.4. The molecular weight excluding hydrogens is 464 g/mol. The number of nitrogens with zero attached hydrogens (tertiary/aromatic N) is 2. The zero-order chi connectivity index (χ0) is 26.6. The van der Waals surface area contributed by atoms with Crippen molar-refractivity contribution >= 4 is 17.2 Å². The summed E-state index contributed by atoms with van der Waals surface area (Å²) in [6.07, 6.45) is 7.55. The van der Waals surface area contributed by atoms with Crippen molar-refractivity contribution in [1.82, 2.24) is 14.9 Å². The van der Waals surface area contributed by atoms with E-state index in [1.54, 1.807) is 6.20 Å². The fraction of sp³-hybridized carbons (Fsp3) is 0.600. The van der Waals surface area contributed by atoms with Gasteiger partial charge in [-0.25, -0.2) is 4.98 Å². The highest BCUT2D eigenvalue weighted by Crippen LogP contribution is 2.42. The molecule has 3 heterocycles. The monoisotopic (exact) mass is 506 g/mol. The van der Waals surface area contributed by atoms with Gasteiger partial charge in [0.25, 0.3) is 5.91 Å². The summed E-state index contributed by atoms with van der Waals surface area (Å²) in [5.41, 5.74) is 5.54. The summed E-state index contributed by atoms with van der Waals surface area (Å²) >= 11 is 0. The van der Waals surface area contributed by atoms with Crippen molar-refractivity contribution in [2.75, 3.05) is 25.0 Å². The van der Waals surface area contributed by atoms with Crippen molar-refractivity contribution < 1.29 is 14.3 Å². The van der Waals surface area contributed by atoms with Crippen LogP contribution < -0.4 is 5.32 Å². The summed E-state index contributed by atoms with van der Waals surface area (Å²) in [6, 6.07) is 6.52. The molecule has 200 valence electrons. The van der Waals surface area contributed by atoms with Crippen LogP contribution in [-0.4, -0.2) is 58.4 Å². The maximum atomic E-state index is 13.0. The molecule has 3 aliphatic rings. The van der Waals surface area contributed by atoms with Crippen LogP contribution in [0.4, 0.5) is 5.69 Å². The van der Waals surface area contributed by atoms with E-state index >= 15 is 0 Å². The summed E-state index contributed by atoms with van der Waals surface area (Å²) in [6.45, 7) is 17.8. The molecule has 2 saturated heterocycles. The Morgan fingerprint density at radius 2 is 1.89 bits per heavy atom. The molecule has 5 rings (SSSR count). The molecule has 7 nitrogen and oxygen atoms in total. The average molecular weight is 507 g/mol. The van der Waals surface area contributed by atoms with E-state index in [9.17, 15) is 4.79 Å². The number of aryl methyl sites for hydroxylation is 1. The topological polar surface area (TPSA) is 79.5 Å². The fourth-order valence-corrected chi connectivity index (χ4v) is 5.95. The van der Waals surface area contributed by atoms with E-state index in [-0.39, 0.29) is 23.5 Å². The minimum absolute atomic E-state index is 0.0853. The number of rotatable bonds is 6. The van der Waals surface area contributed by atoms with Crippen LogP contribution in [0.2, 0.25) is 0 Å². The van der Waals surface area contributed by atoms with Crippen molar-refractivity contribution in [2.24, 2.45) is 5.41 Å². The predicted octanol–water partition coefficient (Wildman–Crippen LogP) is 5.68. The number of benzene rings is 1. The largest absolute Gasteiger partial charge is 0.343 e. The second-order valence-corrected chi connectivity index (χ2v) is 13.0. The number of anilines is 1. The number of amides is 1. The van der Waals surface area contributed by atoms with Gasteiger partial charge in [0, 0.05) is 42.5 Å². The first-order valence-corrected chi connectivity index (χ1v) is 13.6. The van der Waals surface area contributed by atoms with Gasteiger partial charge in [-0.05, 0) is 68.7 Å². The molecule has 7 heteroatoms. The molecule has 2 N–H and O–H groups in total. The molecule has 37 heavy (non-hydrogen) atoms. The highest BCUT2D eigenvalue weighted by Gasteiger charge is 2.47. The Morgan fingerprint density at radius 3 is 2.49 bits per heavy atom. The molecule has 2 atom stereocenters. The number of allylic oxidation sites excluding steroid dienone is 2. The number of aromatic nitrogens is 2. The zero-order valence-corrected chi connectivity index (χ0v) is 23.4. The van der Waals surface area contributed by atoms with Crippen LogP contribution in [0, 0.1) is 12.3 Å². The van der Waals surface area contributed by atoms with E-state index in [0.29, 0.717) is 11.2 Å². The first kappa shape index (κ1) is 26.1. The summed E-state index contributed by atoms with van der Waals surface area (Å²) in [4.78, 5) is 22.7. The number of fused-ring (bicyclic) bond motifs is 1. The Kier molecular flexibility index (Phi) is 6.62. The highest BCUT2D eigenvalue weighted by molar-refractivity contribution is 6.03. The third-order valence-electron chi connectivity index (χ3n) is 8.07. The predicted molar refractivity (Wildman–Crippen MR) is 147 cm³/mol. The molecule has 0 spiro atoms. The van der Waals surface area contributed by atoms with Gasteiger partial charge in [0.15, 0.2) is 11.6 Å². The van der Waals surface area contributed by atoms with Crippen LogP contribution in [0.25, 0.3) is 5.57 Å². The van der Waals surface area contributed by atoms with Crippen LogP contribution in [0.1, 0.15) is 88.2 Å². The number of carbonyl (C=O) groups excluding carboxylic acids is 1. The second-order valence-electron chi connectivity index (χ2n) is 13.0. The van der Waals surface area contributed by atoms with Crippen molar-refractivity contribution in [3.05, 3.63) is 53.1 Å². The Bertz CT molecular complexity index is 1190. The van der Waals surface area contributed by atoms with Gasteiger partial charge in [0.05, 0.1) is 5.69 Å². The molecule has 1 aromatic carbocycles. The molecule has 1 amide bonds. The number of imidazole rings is 1. The number of aromatic amines is 1. The normalized spacial score (nSPS) is 25.1. The summed E-state index contributed by atoms with van der Waals surface area (Å²) in [7, 11) is 0. The van der Waals surface area contributed by atoms with Crippen LogP contribution in [-0.2, 0) is 14.9 Å². The van der Waals surface area contributed by atoms with Gasteiger partial charge in [0.2, 0.25) is 0 Å². The van der Waals surface area contributed by atoms with Crippen molar-refractivity contribution in [3.63, 3.8) is 0 Å². The lowest BCUT2D eigenvalue weighted by atomic mass is 9.75. The van der Waals surface area contributed by atoms with Gasteiger partial charge in [-0.3, -0.25) is 9.69 Å². The number of nitrogens with one attached hydrogen (secondary N) is 2. The van der Waals surface area contributed by atoms with Gasteiger partial charge >= 0.3 is 0 Å². The number of hydrogen-bond donors (Lipinski definition) is 2. The van der Waals surface area contributed by atoms with Gasteiger partial charge in [-0.2, -0.15) is 0 Å². The lowest BCUT2D eigenvalue weighted by molar-refractivity contribution is -0.155. The molecule has 1 aromatic heterocycles. The summed E-state index contributed by atoms with van der Waals surface area (Å²) in [5, 5.41) is 3.13. The molecule has 2 aromatic rings. The van der Waals surface area contributed by atoms with Crippen LogP contribution >= 0.6 is 0 Å². The molecule has 1 aliphatic carbocycles. The summed E-state index contributed by atoms with van der Waals surface area (Å²) in [5.74, 6) is -0.369. The molecule has 0 unspecified atom stereocenters. The number of hydrogen-bond acceptors (Lipinski definition) is 5. The van der Waals surface area contributed by atoms with Crippen LogP contribution in [0.15, 0.2) is 30.5 Å². The quantitative estimate of drug-likeness (QED) is 0.527. The Morgan fingerprint density at radius 1 is 1.19 bits per heavy atom. The minimum atomic E-state index is -0.483. The van der Waals surface area contributed by atoms with E-state index in [1.165, 1.54) is 11.1 Å². The van der Waals surface area contributed by atoms with Gasteiger partial charge < -0.3 is 19.8 Å². The van der Waals surface area contributed by atoms with Crippen molar-refractivity contribution in [3.8, 4) is 0 Å². The number of carbonyl (C=O) groups is 1. The first-order chi connectivity index (χ1) is 17.3. The van der Waals surface area contributed by atoms with Gasteiger partial charge in [-0.15, -0.1) is 0 Å². The lowest BCUT2D eigenvalue weighted by Gasteiger charge is -2.33. The van der Waals surface area contributed by atoms with Crippen molar-refractivity contribution in [1.29, 1.82) is 0 Å². The molecule has 0 saturated carbocycles. The smallest absolute Gasteiger partial charge is 0.291 e. The number of likely N-dealkylation sites (tertiary alicyclic amines) is 1. The molecule has 0 radical (unpaired) electrons. The van der Waals surface area contributed by atoms with E-state index in [2.05, 4.69) is 72.2 Å². The van der Waals surface area contributed by atoms with Gasteiger partial charge in [0.1, 0.15) is 12.2 Å². The third-order valence-corrected chi connectivity index (χ3v) is 8.07. The first-order valence-electron chi connectivity index (χ1n) is 13.6. The fourth-order valence-electron chi connectivity index (χ4n) is 5.95. The highest BCUT2D eigenvalue weighted by atomic mass is 16.8. The minimum Gasteiger partial charge on any atom is -0.343 e. The van der Waals surface area contributed by atoms with E-state index in [4.69, 9.17) is 9.47 Å². The SMILES string of the molecule is Cc1c[nH]c(C(=O)Nc2ccc(C(C)(C)CN3C[C@@H]4OC(C)(C)O[C@@H]4C3)cc2C2=CCC(C)(C)CC2)n1. The van der Waals surface area contributed by atoms with E-state index in [0.717, 1.165) is 55.8 Å². The maximum absolute atomic E-state index is 13.0. The average Bonchev–Trinajstić information content (AvgIpc) is 3.46. The van der Waals surface area contributed by atoms with E-state index < -0.39 is 5.79 Å². The van der Waals surface area contributed by atoms with E-state index in [1.807, 2.05) is 20.8 Å². The Balaban J connectivity index is 1.39. The summed E-state index contributed by atoms with van der Waals surface area (Å²) < 4.78 is 12.2. The van der Waals surface area contributed by atoms with Crippen LogP contribution in [0.3, 0.4) is 0 Å². The molecular formula is C30H42N4O3. The molecule has 2 aliphatic heterocycles. The molecule has 2 fully saturated rings. The second kappa shape index (κ2) is 9.37.